The molecule has 0 amide bonds. The van der Waals surface area contributed by atoms with Crippen LogP contribution in [0.3, 0.4) is 0 Å². The van der Waals surface area contributed by atoms with Gasteiger partial charge in [-0.05, 0) is 19.9 Å². The standard InChI is InChI=1S/C16H23N5O2/c1-5-17-16(18-10-15-19-12(2)20-23-15)21(3)11-13-8-6-7-9-14(13)22-4/h6-9H,5,10-11H2,1-4H3,(H,17,18). The monoisotopic (exact) mass is 317 g/mol. The lowest BCUT2D eigenvalue weighted by Gasteiger charge is -2.22. The van der Waals surface area contributed by atoms with Gasteiger partial charge in [-0.25, -0.2) is 4.99 Å². The van der Waals surface area contributed by atoms with Crippen LogP contribution in [0.4, 0.5) is 0 Å². The van der Waals surface area contributed by atoms with E-state index in [1.807, 2.05) is 43.1 Å². The first-order chi connectivity index (χ1) is 11.1. The second-order valence-corrected chi connectivity index (χ2v) is 5.07. The van der Waals surface area contributed by atoms with E-state index in [0.717, 1.165) is 23.8 Å². The molecule has 0 bridgehead atoms. The first-order valence-corrected chi connectivity index (χ1v) is 7.54. The first-order valence-electron chi connectivity index (χ1n) is 7.54. The fraction of sp³-hybridized carbons (Fsp3) is 0.438. The van der Waals surface area contributed by atoms with Crippen LogP contribution < -0.4 is 10.1 Å². The highest BCUT2D eigenvalue weighted by molar-refractivity contribution is 5.79. The molecule has 0 aliphatic rings. The van der Waals surface area contributed by atoms with Crippen LogP contribution in [0.2, 0.25) is 0 Å². The summed E-state index contributed by atoms with van der Waals surface area (Å²) in [5.41, 5.74) is 1.09. The molecule has 0 aliphatic carbocycles. The minimum atomic E-state index is 0.347. The number of aromatic nitrogens is 2. The molecule has 0 saturated carbocycles. The van der Waals surface area contributed by atoms with Crippen molar-refractivity contribution in [2.75, 3.05) is 20.7 Å². The molecule has 0 radical (unpaired) electrons. The molecule has 1 N–H and O–H groups in total. The molecule has 0 atom stereocenters. The van der Waals surface area contributed by atoms with E-state index < -0.39 is 0 Å². The topological polar surface area (TPSA) is 75.8 Å². The SMILES string of the molecule is CCNC(=NCc1nc(C)no1)N(C)Cc1ccccc1OC. The number of aryl methyl sites for hydroxylation is 1. The van der Waals surface area contributed by atoms with Gasteiger partial charge in [0.15, 0.2) is 11.8 Å². The van der Waals surface area contributed by atoms with Crippen LogP contribution >= 0.6 is 0 Å². The van der Waals surface area contributed by atoms with E-state index in [2.05, 4.69) is 20.4 Å². The average molecular weight is 317 g/mol. The van der Waals surface area contributed by atoms with Crippen LogP contribution in [0.5, 0.6) is 5.75 Å². The van der Waals surface area contributed by atoms with Gasteiger partial charge in [0.2, 0.25) is 5.89 Å². The third-order valence-corrected chi connectivity index (χ3v) is 3.23. The van der Waals surface area contributed by atoms with Crippen LogP contribution in [0.1, 0.15) is 24.2 Å². The number of methoxy groups -OCH3 is 1. The van der Waals surface area contributed by atoms with Crippen molar-refractivity contribution in [2.24, 2.45) is 4.99 Å². The summed E-state index contributed by atoms with van der Waals surface area (Å²) in [7, 11) is 3.66. The molecule has 124 valence electrons. The maximum atomic E-state index is 5.40. The van der Waals surface area contributed by atoms with Gasteiger partial charge >= 0.3 is 0 Å². The third kappa shape index (κ3) is 4.70. The number of ether oxygens (including phenoxy) is 1. The van der Waals surface area contributed by atoms with Crippen molar-refractivity contribution in [3.63, 3.8) is 0 Å². The van der Waals surface area contributed by atoms with Gasteiger partial charge in [0, 0.05) is 25.7 Å². The fourth-order valence-electron chi connectivity index (χ4n) is 2.18. The predicted octanol–water partition coefficient (Wildman–Crippen LogP) is 1.98. The molecular weight excluding hydrogens is 294 g/mol. The van der Waals surface area contributed by atoms with Crippen LogP contribution in [0.15, 0.2) is 33.8 Å². The van der Waals surface area contributed by atoms with Gasteiger partial charge in [-0.15, -0.1) is 0 Å². The van der Waals surface area contributed by atoms with Crippen LogP contribution in [0, 0.1) is 6.92 Å². The number of hydrogen-bond acceptors (Lipinski definition) is 5. The molecule has 7 nitrogen and oxygen atoms in total. The Hall–Kier alpha value is -2.57. The Bertz CT molecular complexity index is 653. The lowest BCUT2D eigenvalue weighted by atomic mass is 10.2. The Balaban J connectivity index is 2.09. The van der Waals surface area contributed by atoms with Gasteiger partial charge in [0.1, 0.15) is 12.3 Å². The Labute approximate surface area is 136 Å². The second kappa shape index (κ2) is 8.17. The molecule has 0 fully saturated rings. The molecule has 2 rings (SSSR count). The maximum Gasteiger partial charge on any atom is 0.248 e. The van der Waals surface area contributed by atoms with E-state index in [4.69, 9.17) is 9.26 Å². The Kier molecular flexibility index (Phi) is 5.96. The molecule has 1 heterocycles. The first kappa shape index (κ1) is 16.8. The zero-order valence-corrected chi connectivity index (χ0v) is 14.0. The van der Waals surface area contributed by atoms with Crippen molar-refractivity contribution in [3.8, 4) is 5.75 Å². The molecule has 0 aliphatic heterocycles. The number of rotatable bonds is 6. The highest BCUT2D eigenvalue weighted by Gasteiger charge is 2.10. The Morgan fingerprint density at radius 3 is 2.83 bits per heavy atom. The largest absolute Gasteiger partial charge is 0.496 e. The average Bonchev–Trinajstić information content (AvgIpc) is 2.97. The quantitative estimate of drug-likeness (QED) is 0.648. The molecule has 0 spiro atoms. The van der Waals surface area contributed by atoms with Gasteiger partial charge in [0.05, 0.1) is 7.11 Å². The van der Waals surface area contributed by atoms with Crippen molar-refractivity contribution in [1.29, 1.82) is 0 Å². The van der Waals surface area contributed by atoms with Crippen molar-refractivity contribution in [1.82, 2.24) is 20.4 Å². The molecule has 1 aromatic carbocycles. The summed E-state index contributed by atoms with van der Waals surface area (Å²) in [4.78, 5) is 10.7. The van der Waals surface area contributed by atoms with Gasteiger partial charge in [-0.1, -0.05) is 23.4 Å². The van der Waals surface area contributed by atoms with Crippen molar-refractivity contribution in [3.05, 3.63) is 41.5 Å². The maximum absolute atomic E-state index is 5.40. The normalized spacial score (nSPS) is 11.4. The van der Waals surface area contributed by atoms with Crippen LogP contribution in [-0.4, -0.2) is 41.7 Å². The second-order valence-electron chi connectivity index (χ2n) is 5.07. The zero-order chi connectivity index (χ0) is 16.7. The number of nitrogens with one attached hydrogen (secondary N) is 1. The number of para-hydroxylation sites is 1. The van der Waals surface area contributed by atoms with Crippen LogP contribution in [0.25, 0.3) is 0 Å². The number of aliphatic imine (C=N–C) groups is 1. The molecular formula is C16H23N5O2. The Morgan fingerprint density at radius 1 is 1.39 bits per heavy atom. The predicted molar refractivity (Wildman–Crippen MR) is 88.3 cm³/mol. The lowest BCUT2D eigenvalue weighted by molar-refractivity contribution is 0.374. The number of guanidine groups is 1. The van der Waals surface area contributed by atoms with E-state index in [1.54, 1.807) is 14.0 Å². The Morgan fingerprint density at radius 2 is 2.17 bits per heavy atom. The molecule has 0 saturated heterocycles. The van der Waals surface area contributed by atoms with E-state index >= 15 is 0 Å². The molecule has 7 heteroatoms. The third-order valence-electron chi connectivity index (χ3n) is 3.23. The molecule has 0 unspecified atom stereocenters. The number of hydrogen-bond donors (Lipinski definition) is 1. The van der Waals surface area contributed by atoms with Crippen LogP contribution in [-0.2, 0) is 13.1 Å². The molecule has 1 aromatic heterocycles. The van der Waals surface area contributed by atoms with E-state index in [-0.39, 0.29) is 0 Å². The molecule has 23 heavy (non-hydrogen) atoms. The van der Waals surface area contributed by atoms with Gasteiger partial charge < -0.3 is 19.5 Å². The smallest absolute Gasteiger partial charge is 0.248 e. The number of nitrogens with zero attached hydrogens (tertiary/aromatic N) is 4. The van der Waals surface area contributed by atoms with E-state index in [9.17, 15) is 0 Å². The number of benzene rings is 1. The zero-order valence-electron chi connectivity index (χ0n) is 14.0. The summed E-state index contributed by atoms with van der Waals surface area (Å²) >= 11 is 0. The van der Waals surface area contributed by atoms with Gasteiger partial charge in [-0.2, -0.15) is 4.98 Å². The molecule has 2 aromatic rings. The van der Waals surface area contributed by atoms with Crippen molar-refractivity contribution in [2.45, 2.75) is 26.9 Å². The summed E-state index contributed by atoms with van der Waals surface area (Å²) in [6.45, 7) is 5.62. The van der Waals surface area contributed by atoms with Crippen molar-refractivity contribution >= 4 is 5.96 Å². The highest BCUT2D eigenvalue weighted by Crippen LogP contribution is 2.18. The van der Waals surface area contributed by atoms with E-state index in [1.165, 1.54) is 0 Å². The lowest BCUT2D eigenvalue weighted by Crippen LogP contribution is -2.38. The minimum absolute atomic E-state index is 0.347. The van der Waals surface area contributed by atoms with E-state index in [0.29, 0.717) is 24.8 Å². The summed E-state index contributed by atoms with van der Waals surface area (Å²) in [5.74, 6) is 2.75. The van der Waals surface area contributed by atoms with Gasteiger partial charge in [0.25, 0.3) is 0 Å². The fourth-order valence-corrected chi connectivity index (χ4v) is 2.18. The van der Waals surface area contributed by atoms with Crippen molar-refractivity contribution < 1.29 is 9.26 Å². The summed E-state index contributed by atoms with van der Waals surface area (Å²) in [5, 5.41) is 7.03. The summed E-state index contributed by atoms with van der Waals surface area (Å²) < 4.78 is 10.5. The summed E-state index contributed by atoms with van der Waals surface area (Å²) in [6, 6.07) is 7.95. The summed E-state index contributed by atoms with van der Waals surface area (Å²) in [6.07, 6.45) is 0. The van der Waals surface area contributed by atoms with Gasteiger partial charge in [-0.3, -0.25) is 0 Å². The highest BCUT2D eigenvalue weighted by atomic mass is 16.5. The minimum Gasteiger partial charge on any atom is -0.496 e.